The molecule has 4 rings (SSSR count). The molecule has 3 heterocycles. The molecule has 2 amide bonds. The molecule has 0 bridgehead atoms. The van der Waals surface area contributed by atoms with Crippen LogP contribution in [0.5, 0.6) is 0 Å². The number of rotatable bonds is 5. The topological polar surface area (TPSA) is 104 Å². The number of carbonyl (C=O) groups excluding carboxylic acids is 2. The Labute approximate surface area is 178 Å². The standard InChI is InChI=1S/C21H24N6O2S/c1-13-7-14(2)10-27(9-13)21(29)16-5-3-4-6-17(16)25-18(28)8-15-11-30-20(24-15)19-22-12-23-26-19/h3-6,11-14H,7-10H2,1-2H3,(H,25,28)(H,22,23,26). The molecule has 9 heteroatoms. The molecule has 0 radical (unpaired) electrons. The summed E-state index contributed by atoms with van der Waals surface area (Å²) in [4.78, 5) is 36.2. The summed E-state index contributed by atoms with van der Waals surface area (Å²) >= 11 is 1.40. The van der Waals surface area contributed by atoms with E-state index in [0.29, 0.717) is 39.6 Å². The molecule has 8 nitrogen and oxygen atoms in total. The zero-order valence-corrected chi connectivity index (χ0v) is 17.8. The summed E-state index contributed by atoms with van der Waals surface area (Å²) in [6.45, 7) is 5.83. The Kier molecular flexibility index (Phi) is 5.89. The number of likely N-dealkylation sites (tertiary alicyclic amines) is 1. The van der Waals surface area contributed by atoms with E-state index in [1.54, 1.807) is 12.1 Å². The Hall–Kier alpha value is -3.07. The second-order valence-corrected chi connectivity index (χ2v) is 8.76. The Bertz CT molecular complexity index is 1020. The monoisotopic (exact) mass is 424 g/mol. The molecule has 30 heavy (non-hydrogen) atoms. The van der Waals surface area contributed by atoms with Crippen molar-refractivity contribution in [3.63, 3.8) is 0 Å². The van der Waals surface area contributed by atoms with Crippen LogP contribution < -0.4 is 5.32 Å². The summed E-state index contributed by atoms with van der Waals surface area (Å²) in [5.41, 5.74) is 1.70. The molecule has 1 aliphatic rings. The summed E-state index contributed by atoms with van der Waals surface area (Å²) in [7, 11) is 0. The Morgan fingerprint density at radius 2 is 2.00 bits per heavy atom. The van der Waals surface area contributed by atoms with Gasteiger partial charge in [-0.1, -0.05) is 26.0 Å². The Morgan fingerprint density at radius 3 is 2.73 bits per heavy atom. The molecule has 1 fully saturated rings. The van der Waals surface area contributed by atoms with Gasteiger partial charge in [0.2, 0.25) is 5.91 Å². The molecule has 0 spiro atoms. The molecule has 0 aliphatic carbocycles. The van der Waals surface area contributed by atoms with Crippen molar-refractivity contribution < 1.29 is 9.59 Å². The molecule has 2 N–H and O–H groups in total. The third kappa shape index (κ3) is 4.56. The first-order valence-electron chi connectivity index (χ1n) is 9.98. The largest absolute Gasteiger partial charge is 0.338 e. The van der Waals surface area contributed by atoms with Crippen LogP contribution in [0, 0.1) is 11.8 Å². The smallest absolute Gasteiger partial charge is 0.255 e. The first kappa shape index (κ1) is 20.2. The minimum Gasteiger partial charge on any atom is -0.338 e. The summed E-state index contributed by atoms with van der Waals surface area (Å²) in [5.74, 6) is 1.27. The van der Waals surface area contributed by atoms with Crippen LogP contribution in [0.15, 0.2) is 36.0 Å². The van der Waals surface area contributed by atoms with E-state index < -0.39 is 0 Å². The fourth-order valence-electron chi connectivity index (χ4n) is 3.94. The van der Waals surface area contributed by atoms with Crippen molar-refractivity contribution in [2.75, 3.05) is 18.4 Å². The average Bonchev–Trinajstić information content (AvgIpc) is 3.39. The Morgan fingerprint density at radius 1 is 1.23 bits per heavy atom. The van der Waals surface area contributed by atoms with Crippen LogP contribution in [-0.4, -0.2) is 50.0 Å². The van der Waals surface area contributed by atoms with E-state index in [4.69, 9.17) is 0 Å². The maximum Gasteiger partial charge on any atom is 0.255 e. The number of hydrogen-bond donors (Lipinski definition) is 2. The maximum absolute atomic E-state index is 13.1. The van der Waals surface area contributed by atoms with Crippen molar-refractivity contribution in [1.82, 2.24) is 25.1 Å². The van der Waals surface area contributed by atoms with Crippen LogP contribution in [0.2, 0.25) is 0 Å². The number of para-hydroxylation sites is 1. The number of H-pyrrole nitrogens is 1. The van der Waals surface area contributed by atoms with E-state index >= 15 is 0 Å². The molecule has 0 saturated carbocycles. The number of anilines is 1. The average molecular weight is 425 g/mol. The lowest BCUT2D eigenvalue weighted by Crippen LogP contribution is -2.42. The van der Waals surface area contributed by atoms with Crippen LogP contribution in [0.3, 0.4) is 0 Å². The third-order valence-electron chi connectivity index (χ3n) is 5.10. The summed E-state index contributed by atoms with van der Waals surface area (Å²) < 4.78 is 0. The highest BCUT2D eigenvalue weighted by atomic mass is 32.1. The molecule has 156 valence electrons. The number of nitrogens with zero attached hydrogens (tertiary/aromatic N) is 4. The lowest BCUT2D eigenvalue weighted by atomic mass is 9.91. The van der Waals surface area contributed by atoms with Crippen molar-refractivity contribution in [2.24, 2.45) is 11.8 Å². The van der Waals surface area contributed by atoms with Gasteiger partial charge in [0.15, 0.2) is 10.8 Å². The number of aromatic nitrogens is 4. The minimum absolute atomic E-state index is 0.0365. The number of nitrogens with one attached hydrogen (secondary N) is 2. The van der Waals surface area contributed by atoms with Gasteiger partial charge in [-0.25, -0.2) is 9.97 Å². The third-order valence-corrected chi connectivity index (χ3v) is 6.00. The van der Waals surface area contributed by atoms with Crippen LogP contribution in [0.1, 0.15) is 36.3 Å². The number of carbonyl (C=O) groups is 2. The highest BCUT2D eigenvalue weighted by molar-refractivity contribution is 7.13. The highest BCUT2D eigenvalue weighted by Crippen LogP contribution is 2.25. The SMILES string of the molecule is CC1CC(C)CN(C(=O)c2ccccc2NC(=O)Cc2csc(-c3ncn[nH]3)n2)C1. The van der Waals surface area contributed by atoms with Gasteiger partial charge in [-0.3, -0.25) is 14.7 Å². The van der Waals surface area contributed by atoms with Crippen molar-refractivity contribution in [2.45, 2.75) is 26.7 Å². The molecule has 3 aromatic rings. The van der Waals surface area contributed by atoms with E-state index in [1.165, 1.54) is 17.7 Å². The van der Waals surface area contributed by atoms with Gasteiger partial charge in [-0.05, 0) is 30.4 Å². The zero-order valence-electron chi connectivity index (χ0n) is 17.0. The lowest BCUT2D eigenvalue weighted by molar-refractivity contribution is -0.115. The summed E-state index contributed by atoms with van der Waals surface area (Å²) in [6.07, 6.45) is 2.66. The van der Waals surface area contributed by atoms with E-state index in [9.17, 15) is 9.59 Å². The molecule has 2 atom stereocenters. The summed E-state index contributed by atoms with van der Waals surface area (Å²) in [6, 6.07) is 7.18. The molecular formula is C21H24N6O2S. The van der Waals surface area contributed by atoms with Gasteiger partial charge in [0.05, 0.1) is 23.4 Å². The second kappa shape index (κ2) is 8.74. The first-order valence-corrected chi connectivity index (χ1v) is 10.9. The van der Waals surface area contributed by atoms with Crippen LogP contribution in [0.4, 0.5) is 5.69 Å². The van der Waals surface area contributed by atoms with Crippen molar-refractivity contribution >= 4 is 28.8 Å². The predicted octanol–water partition coefficient (Wildman–Crippen LogP) is 3.23. The predicted molar refractivity (Wildman–Crippen MR) is 115 cm³/mol. The number of aromatic amines is 1. The van der Waals surface area contributed by atoms with Crippen molar-refractivity contribution in [3.05, 3.63) is 47.2 Å². The van der Waals surface area contributed by atoms with Gasteiger partial charge >= 0.3 is 0 Å². The maximum atomic E-state index is 13.1. The molecule has 1 aliphatic heterocycles. The lowest BCUT2D eigenvalue weighted by Gasteiger charge is -2.35. The minimum atomic E-state index is -0.218. The fourth-order valence-corrected chi connectivity index (χ4v) is 4.71. The van der Waals surface area contributed by atoms with Crippen molar-refractivity contribution in [3.8, 4) is 10.8 Å². The molecule has 1 aromatic carbocycles. The van der Waals surface area contributed by atoms with Crippen LogP contribution in [0.25, 0.3) is 10.8 Å². The van der Waals surface area contributed by atoms with Gasteiger partial charge in [0.25, 0.3) is 5.91 Å². The normalized spacial score (nSPS) is 18.9. The van der Waals surface area contributed by atoms with Gasteiger partial charge in [0.1, 0.15) is 6.33 Å². The summed E-state index contributed by atoms with van der Waals surface area (Å²) in [5, 5.41) is 12.0. The van der Waals surface area contributed by atoms with Gasteiger partial charge < -0.3 is 10.2 Å². The van der Waals surface area contributed by atoms with Gasteiger partial charge in [-0.2, -0.15) is 5.10 Å². The number of thiazole rings is 1. The van der Waals surface area contributed by atoms with Crippen molar-refractivity contribution in [1.29, 1.82) is 0 Å². The van der Waals surface area contributed by atoms with Gasteiger partial charge in [-0.15, -0.1) is 11.3 Å². The molecule has 2 unspecified atom stereocenters. The van der Waals surface area contributed by atoms with Crippen LogP contribution >= 0.6 is 11.3 Å². The van der Waals surface area contributed by atoms with E-state index in [1.807, 2.05) is 22.4 Å². The van der Waals surface area contributed by atoms with Gasteiger partial charge in [0, 0.05) is 18.5 Å². The number of hydrogen-bond acceptors (Lipinski definition) is 6. The van der Waals surface area contributed by atoms with E-state index in [-0.39, 0.29) is 18.2 Å². The van der Waals surface area contributed by atoms with E-state index in [2.05, 4.69) is 39.3 Å². The molecular weight excluding hydrogens is 400 g/mol. The number of piperidine rings is 1. The second-order valence-electron chi connectivity index (χ2n) is 7.90. The quantitative estimate of drug-likeness (QED) is 0.654. The molecule has 2 aromatic heterocycles. The zero-order chi connectivity index (χ0) is 21.1. The Balaban J connectivity index is 1.45. The van der Waals surface area contributed by atoms with Crippen LogP contribution in [-0.2, 0) is 11.2 Å². The van der Waals surface area contributed by atoms with E-state index in [0.717, 1.165) is 19.5 Å². The highest BCUT2D eigenvalue weighted by Gasteiger charge is 2.27. The number of amides is 2. The first-order chi connectivity index (χ1) is 14.5. The molecule has 1 saturated heterocycles. The number of benzene rings is 1. The fraction of sp³-hybridized carbons (Fsp3) is 0.381.